The third-order valence-electron chi connectivity index (χ3n) is 2.51. The molecule has 18 heavy (non-hydrogen) atoms. The molecule has 0 aliphatic carbocycles. The quantitative estimate of drug-likeness (QED) is 0.858. The largest absolute Gasteiger partial charge is 0.401 e. The maximum atomic E-state index is 9.03. The van der Waals surface area contributed by atoms with Crippen molar-refractivity contribution in [2.24, 2.45) is 5.73 Å². The van der Waals surface area contributed by atoms with E-state index in [1.807, 2.05) is 23.6 Å². The smallest absolute Gasteiger partial charge is 0.103 e. The average Bonchev–Trinajstić information content (AvgIpc) is 2.79. The molecule has 0 atom stereocenters. The summed E-state index contributed by atoms with van der Waals surface area (Å²) in [6.45, 7) is 1.72. The van der Waals surface area contributed by atoms with Gasteiger partial charge in [0.15, 0.2) is 0 Å². The van der Waals surface area contributed by atoms with Gasteiger partial charge in [-0.15, -0.1) is 11.3 Å². The van der Waals surface area contributed by atoms with Crippen molar-refractivity contribution in [2.75, 3.05) is 0 Å². The number of nitrogens with two attached hydrogens (primary N) is 1. The Kier molecular flexibility index (Phi) is 3.75. The highest BCUT2D eigenvalue weighted by molar-refractivity contribution is 7.09. The summed E-state index contributed by atoms with van der Waals surface area (Å²) in [6, 6.07) is 12.2. The molecule has 0 unspecified atom stereocenters. The normalized spacial score (nSPS) is 11.8. The Balaban J connectivity index is 2.22. The average molecular weight is 255 g/mol. The van der Waals surface area contributed by atoms with Crippen LogP contribution in [0.15, 0.2) is 41.4 Å². The van der Waals surface area contributed by atoms with E-state index in [2.05, 4.69) is 23.2 Å². The van der Waals surface area contributed by atoms with E-state index in [0.29, 0.717) is 17.0 Å². The molecule has 1 aromatic heterocycles. The number of hydrogen-bond acceptors (Lipinski definition) is 4. The predicted molar refractivity (Wildman–Crippen MR) is 73.8 cm³/mol. The number of benzene rings is 1. The summed E-state index contributed by atoms with van der Waals surface area (Å²) in [7, 11) is 0. The van der Waals surface area contributed by atoms with Crippen molar-refractivity contribution in [3.8, 4) is 6.07 Å². The molecule has 2 rings (SSSR count). The minimum Gasteiger partial charge on any atom is -0.401 e. The van der Waals surface area contributed by atoms with Crippen molar-refractivity contribution < 1.29 is 0 Å². The molecule has 0 fully saturated rings. The standard InChI is InChI=1S/C14H13N3S/c1-10(16)12(8-15)13-9-18-14(17-13)7-11-5-3-2-4-6-11/h2-6,9H,7,16H2,1H3/b12-10+. The molecule has 2 aromatic rings. The zero-order valence-electron chi connectivity index (χ0n) is 10.1. The lowest BCUT2D eigenvalue weighted by Gasteiger charge is -1.97. The fourth-order valence-electron chi connectivity index (χ4n) is 1.62. The minimum absolute atomic E-state index is 0.463. The van der Waals surface area contributed by atoms with Crippen LogP contribution in [-0.2, 0) is 6.42 Å². The highest BCUT2D eigenvalue weighted by Gasteiger charge is 2.09. The number of nitrogens with zero attached hydrogens (tertiary/aromatic N) is 2. The van der Waals surface area contributed by atoms with E-state index >= 15 is 0 Å². The van der Waals surface area contributed by atoms with E-state index in [1.54, 1.807) is 18.3 Å². The van der Waals surface area contributed by atoms with Crippen LogP contribution in [0.2, 0.25) is 0 Å². The summed E-state index contributed by atoms with van der Waals surface area (Å²) in [5.74, 6) is 0. The molecule has 0 bridgehead atoms. The summed E-state index contributed by atoms with van der Waals surface area (Å²) in [6.07, 6.45) is 0.786. The van der Waals surface area contributed by atoms with E-state index in [4.69, 9.17) is 11.0 Å². The van der Waals surface area contributed by atoms with Gasteiger partial charge in [-0.1, -0.05) is 30.3 Å². The lowest BCUT2D eigenvalue weighted by molar-refractivity contribution is 1.12. The summed E-state index contributed by atoms with van der Waals surface area (Å²) < 4.78 is 0. The molecule has 0 saturated heterocycles. The molecule has 0 aliphatic rings. The molecule has 0 amide bonds. The number of thiazole rings is 1. The third kappa shape index (κ3) is 2.76. The molecule has 0 aliphatic heterocycles. The van der Waals surface area contributed by atoms with E-state index < -0.39 is 0 Å². The number of rotatable bonds is 3. The first kappa shape index (κ1) is 12.3. The van der Waals surface area contributed by atoms with Crippen LogP contribution in [0.1, 0.15) is 23.2 Å². The van der Waals surface area contributed by atoms with Crippen LogP contribution in [-0.4, -0.2) is 4.98 Å². The topological polar surface area (TPSA) is 62.7 Å². The highest BCUT2D eigenvalue weighted by atomic mass is 32.1. The second kappa shape index (κ2) is 5.48. The molecule has 1 heterocycles. The van der Waals surface area contributed by atoms with Gasteiger partial charge in [0.05, 0.1) is 16.3 Å². The van der Waals surface area contributed by atoms with Gasteiger partial charge in [0.1, 0.15) is 6.07 Å². The van der Waals surface area contributed by atoms with Gasteiger partial charge in [-0.25, -0.2) is 4.98 Å². The molecule has 90 valence electrons. The van der Waals surface area contributed by atoms with Crippen LogP contribution in [0.25, 0.3) is 5.57 Å². The Morgan fingerprint density at radius 1 is 1.39 bits per heavy atom. The monoisotopic (exact) mass is 255 g/mol. The Labute approximate surface area is 110 Å². The van der Waals surface area contributed by atoms with Crippen LogP contribution < -0.4 is 5.73 Å². The maximum Gasteiger partial charge on any atom is 0.103 e. The number of nitriles is 1. The van der Waals surface area contributed by atoms with Crippen LogP contribution in [0.4, 0.5) is 0 Å². The zero-order valence-corrected chi connectivity index (χ0v) is 10.9. The van der Waals surface area contributed by atoms with Gasteiger partial charge >= 0.3 is 0 Å². The van der Waals surface area contributed by atoms with E-state index in [-0.39, 0.29) is 0 Å². The van der Waals surface area contributed by atoms with Crippen LogP contribution >= 0.6 is 11.3 Å². The van der Waals surface area contributed by atoms with Crippen LogP contribution in [0, 0.1) is 11.3 Å². The number of allylic oxidation sites excluding steroid dienone is 2. The second-order valence-corrected chi connectivity index (χ2v) is 4.90. The summed E-state index contributed by atoms with van der Waals surface area (Å²) >= 11 is 1.55. The lowest BCUT2D eigenvalue weighted by atomic mass is 10.1. The van der Waals surface area contributed by atoms with Crippen molar-refractivity contribution in [1.29, 1.82) is 5.26 Å². The number of aromatic nitrogens is 1. The molecule has 0 spiro atoms. The van der Waals surface area contributed by atoms with Crippen LogP contribution in [0.3, 0.4) is 0 Å². The van der Waals surface area contributed by atoms with E-state index in [1.165, 1.54) is 5.56 Å². The molecular weight excluding hydrogens is 242 g/mol. The van der Waals surface area contributed by atoms with Gasteiger partial charge in [-0.05, 0) is 12.5 Å². The molecule has 1 aromatic carbocycles. The molecule has 3 nitrogen and oxygen atoms in total. The third-order valence-corrected chi connectivity index (χ3v) is 3.36. The van der Waals surface area contributed by atoms with Gasteiger partial charge < -0.3 is 5.73 Å². The molecule has 0 radical (unpaired) electrons. The molecular formula is C14H13N3S. The maximum absolute atomic E-state index is 9.03. The van der Waals surface area contributed by atoms with Gasteiger partial charge in [0.2, 0.25) is 0 Å². The molecule has 0 saturated carbocycles. The fraction of sp³-hybridized carbons (Fsp3) is 0.143. The van der Waals surface area contributed by atoms with Crippen molar-refractivity contribution in [1.82, 2.24) is 4.98 Å². The first-order valence-corrected chi connectivity index (χ1v) is 6.44. The Morgan fingerprint density at radius 2 is 2.11 bits per heavy atom. The number of hydrogen-bond donors (Lipinski definition) is 1. The van der Waals surface area contributed by atoms with Crippen molar-refractivity contribution in [2.45, 2.75) is 13.3 Å². The van der Waals surface area contributed by atoms with Crippen molar-refractivity contribution >= 4 is 16.9 Å². The lowest BCUT2D eigenvalue weighted by Crippen LogP contribution is -1.97. The second-order valence-electron chi connectivity index (χ2n) is 3.96. The minimum atomic E-state index is 0.463. The van der Waals surface area contributed by atoms with Gasteiger partial charge in [0, 0.05) is 17.5 Å². The summed E-state index contributed by atoms with van der Waals surface area (Å²) in [5.41, 5.74) is 8.52. The van der Waals surface area contributed by atoms with Crippen LogP contribution in [0.5, 0.6) is 0 Å². The van der Waals surface area contributed by atoms with Gasteiger partial charge in [0.25, 0.3) is 0 Å². The van der Waals surface area contributed by atoms with Crippen molar-refractivity contribution in [3.05, 3.63) is 57.7 Å². The summed E-state index contributed by atoms with van der Waals surface area (Å²) in [4.78, 5) is 4.46. The highest BCUT2D eigenvalue weighted by Crippen LogP contribution is 2.20. The first-order chi connectivity index (χ1) is 8.70. The van der Waals surface area contributed by atoms with Crippen molar-refractivity contribution in [3.63, 3.8) is 0 Å². The molecule has 2 N–H and O–H groups in total. The van der Waals surface area contributed by atoms with E-state index in [0.717, 1.165) is 11.4 Å². The SMILES string of the molecule is C/C(N)=C(/C#N)c1csc(Cc2ccccc2)n1. The first-order valence-electron chi connectivity index (χ1n) is 5.56. The van der Waals surface area contributed by atoms with E-state index in [9.17, 15) is 0 Å². The Bertz CT molecular complexity index is 601. The predicted octanol–water partition coefficient (Wildman–Crippen LogP) is 2.95. The fourth-order valence-corrected chi connectivity index (χ4v) is 2.44. The summed E-state index contributed by atoms with van der Waals surface area (Å²) in [5, 5.41) is 11.9. The van der Waals surface area contributed by atoms with Gasteiger partial charge in [-0.2, -0.15) is 5.26 Å². The Hall–Kier alpha value is -2.12. The van der Waals surface area contributed by atoms with Gasteiger partial charge in [-0.3, -0.25) is 0 Å². The zero-order chi connectivity index (χ0) is 13.0. The Morgan fingerprint density at radius 3 is 2.72 bits per heavy atom. The molecule has 4 heteroatoms.